The summed E-state index contributed by atoms with van der Waals surface area (Å²) in [6.45, 7) is 1.00. The molecule has 1 saturated heterocycles. The van der Waals surface area contributed by atoms with Crippen molar-refractivity contribution in [2.75, 3.05) is 30.9 Å². The molecule has 1 N–H and O–H groups in total. The smallest absolute Gasteiger partial charge is 0.314 e. The third kappa shape index (κ3) is 3.36. The van der Waals surface area contributed by atoms with Gasteiger partial charge in [0, 0.05) is 18.1 Å². The molecule has 6 nitrogen and oxygen atoms in total. The summed E-state index contributed by atoms with van der Waals surface area (Å²) in [5, 5.41) is 12.8. The molecule has 0 radical (unpaired) electrons. The van der Waals surface area contributed by atoms with Gasteiger partial charge in [-0.25, -0.2) is 0 Å². The molecule has 1 unspecified atom stereocenters. The van der Waals surface area contributed by atoms with E-state index in [9.17, 15) is 4.79 Å². The summed E-state index contributed by atoms with van der Waals surface area (Å²) in [7, 11) is 2.03. The molecule has 0 aliphatic carbocycles. The van der Waals surface area contributed by atoms with Gasteiger partial charge in [-0.3, -0.25) is 9.69 Å². The lowest BCUT2D eigenvalue weighted by Crippen LogP contribution is -2.33. The SMILES string of the molecule is CN1CCSCC1c1noc(SCC(=O)O)n1. The molecule has 1 fully saturated rings. The van der Waals surface area contributed by atoms with E-state index in [1.165, 1.54) is 0 Å². The van der Waals surface area contributed by atoms with Gasteiger partial charge in [0.1, 0.15) is 5.75 Å². The van der Waals surface area contributed by atoms with Crippen molar-refractivity contribution in [1.29, 1.82) is 0 Å². The molecule has 1 aliphatic rings. The maximum absolute atomic E-state index is 10.4. The van der Waals surface area contributed by atoms with Crippen molar-refractivity contribution in [1.82, 2.24) is 15.0 Å². The zero-order chi connectivity index (χ0) is 12.3. The van der Waals surface area contributed by atoms with Gasteiger partial charge in [0.2, 0.25) is 0 Å². The molecule has 0 bridgehead atoms. The average molecular weight is 275 g/mol. The summed E-state index contributed by atoms with van der Waals surface area (Å²) in [6, 6.07) is 0.164. The van der Waals surface area contributed by atoms with E-state index in [2.05, 4.69) is 15.0 Å². The fourth-order valence-corrected chi connectivity index (χ4v) is 3.20. The van der Waals surface area contributed by atoms with E-state index in [-0.39, 0.29) is 11.8 Å². The Morgan fingerprint density at radius 2 is 2.59 bits per heavy atom. The van der Waals surface area contributed by atoms with Crippen LogP contribution in [0.1, 0.15) is 11.9 Å². The van der Waals surface area contributed by atoms with Gasteiger partial charge in [-0.1, -0.05) is 16.9 Å². The van der Waals surface area contributed by atoms with Crippen molar-refractivity contribution in [3.8, 4) is 0 Å². The van der Waals surface area contributed by atoms with E-state index in [0.717, 1.165) is 29.8 Å². The van der Waals surface area contributed by atoms with Crippen molar-refractivity contribution in [3.05, 3.63) is 5.82 Å². The number of aliphatic carboxylic acids is 1. The number of hydrogen-bond donors (Lipinski definition) is 1. The first kappa shape index (κ1) is 12.7. The van der Waals surface area contributed by atoms with E-state index in [1.54, 1.807) is 0 Å². The summed E-state index contributed by atoms with van der Waals surface area (Å²) in [4.78, 5) is 16.8. The lowest BCUT2D eigenvalue weighted by Gasteiger charge is -2.29. The van der Waals surface area contributed by atoms with Crippen molar-refractivity contribution >= 4 is 29.5 Å². The quantitative estimate of drug-likeness (QED) is 0.814. The number of aromatic nitrogens is 2. The molecule has 0 amide bonds. The molecular formula is C9H13N3O3S2. The van der Waals surface area contributed by atoms with Crippen LogP contribution in [0.2, 0.25) is 0 Å². The highest BCUT2D eigenvalue weighted by Crippen LogP contribution is 2.27. The maximum atomic E-state index is 10.4. The minimum absolute atomic E-state index is 0.0586. The molecule has 8 heteroatoms. The molecule has 1 aromatic heterocycles. The number of carboxylic acid groups (broad SMARTS) is 1. The molecule has 0 spiro atoms. The van der Waals surface area contributed by atoms with Gasteiger partial charge in [0.25, 0.3) is 5.22 Å². The number of thioether (sulfide) groups is 2. The molecule has 17 heavy (non-hydrogen) atoms. The predicted octanol–water partition coefficient (Wildman–Crippen LogP) is 0.966. The highest BCUT2D eigenvalue weighted by atomic mass is 32.2. The Bertz CT molecular complexity index is 399. The standard InChI is InChI=1S/C9H13N3O3S2/c1-12-2-3-16-4-6(12)8-10-9(15-11-8)17-5-7(13)14/h6H,2-5H2,1H3,(H,13,14). The largest absolute Gasteiger partial charge is 0.481 e. The highest BCUT2D eigenvalue weighted by molar-refractivity contribution is 7.99. The molecular weight excluding hydrogens is 262 g/mol. The Morgan fingerprint density at radius 3 is 3.29 bits per heavy atom. The average Bonchev–Trinajstić information content (AvgIpc) is 2.75. The van der Waals surface area contributed by atoms with Crippen molar-refractivity contribution in [2.45, 2.75) is 11.3 Å². The van der Waals surface area contributed by atoms with Crippen molar-refractivity contribution in [3.63, 3.8) is 0 Å². The second kappa shape index (κ2) is 5.74. The number of rotatable bonds is 4. The Labute approximate surface area is 107 Å². The van der Waals surface area contributed by atoms with Crippen LogP contribution < -0.4 is 0 Å². The zero-order valence-corrected chi connectivity index (χ0v) is 11.0. The summed E-state index contributed by atoms with van der Waals surface area (Å²) < 4.78 is 5.02. The normalized spacial score (nSPS) is 21.6. The van der Waals surface area contributed by atoms with Crippen LogP contribution in [-0.2, 0) is 4.79 Å². The molecule has 0 saturated carbocycles. The van der Waals surface area contributed by atoms with Crippen molar-refractivity contribution in [2.24, 2.45) is 0 Å². The fourth-order valence-electron chi connectivity index (χ4n) is 1.50. The summed E-state index contributed by atoms with van der Waals surface area (Å²) in [5.41, 5.74) is 0. The monoisotopic (exact) mass is 275 g/mol. The van der Waals surface area contributed by atoms with E-state index in [0.29, 0.717) is 11.0 Å². The van der Waals surface area contributed by atoms with Crippen LogP contribution in [0.3, 0.4) is 0 Å². The van der Waals surface area contributed by atoms with Crippen LogP contribution in [0, 0.1) is 0 Å². The van der Waals surface area contributed by atoms with Gasteiger partial charge in [0.15, 0.2) is 5.82 Å². The first-order valence-electron chi connectivity index (χ1n) is 5.13. The van der Waals surface area contributed by atoms with E-state index >= 15 is 0 Å². The molecule has 94 valence electrons. The van der Waals surface area contributed by atoms with Crippen LogP contribution in [0.25, 0.3) is 0 Å². The lowest BCUT2D eigenvalue weighted by atomic mass is 10.3. The van der Waals surface area contributed by atoms with E-state index < -0.39 is 5.97 Å². The molecule has 2 rings (SSSR count). The maximum Gasteiger partial charge on any atom is 0.314 e. The lowest BCUT2D eigenvalue weighted by molar-refractivity contribution is -0.133. The van der Waals surface area contributed by atoms with Gasteiger partial charge in [-0.05, 0) is 7.05 Å². The van der Waals surface area contributed by atoms with Gasteiger partial charge in [-0.2, -0.15) is 16.7 Å². The first-order chi connectivity index (χ1) is 8.16. The number of nitrogens with zero attached hydrogens (tertiary/aromatic N) is 3. The Kier molecular flexibility index (Phi) is 4.30. The summed E-state index contributed by atoms with van der Waals surface area (Å²) >= 11 is 2.91. The van der Waals surface area contributed by atoms with Gasteiger partial charge < -0.3 is 9.63 Å². The van der Waals surface area contributed by atoms with Gasteiger partial charge in [-0.15, -0.1) is 0 Å². The topological polar surface area (TPSA) is 79.5 Å². The molecule has 1 atom stereocenters. The fraction of sp³-hybridized carbons (Fsp3) is 0.667. The molecule has 2 heterocycles. The van der Waals surface area contributed by atoms with Gasteiger partial charge in [0.05, 0.1) is 6.04 Å². The van der Waals surface area contributed by atoms with E-state index in [4.69, 9.17) is 9.63 Å². The Morgan fingerprint density at radius 1 is 1.76 bits per heavy atom. The summed E-state index contributed by atoms with van der Waals surface area (Å²) in [6.07, 6.45) is 0. The molecule has 1 aromatic rings. The van der Waals surface area contributed by atoms with Gasteiger partial charge >= 0.3 is 5.97 Å². The number of carboxylic acids is 1. The van der Waals surface area contributed by atoms with Crippen LogP contribution >= 0.6 is 23.5 Å². The Balaban J connectivity index is 1.99. The molecule has 0 aromatic carbocycles. The highest BCUT2D eigenvalue weighted by Gasteiger charge is 2.25. The van der Waals surface area contributed by atoms with Crippen molar-refractivity contribution < 1.29 is 14.4 Å². The van der Waals surface area contributed by atoms with Crippen LogP contribution in [0.15, 0.2) is 9.75 Å². The first-order valence-corrected chi connectivity index (χ1v) is 7.27. The van der Waals surface area contributed by atoms with Crippen LogP contribution in [-0.4, -0.2) is 57.0 Å². The van der Waals surface area contributed by atoms with Crippen LogP contribution in [0.4, 0.5) is 0 Å². The number of hydrogen-bond acceptors (Lipinski definition) is 7. The summed E-state index contributed by atoms with van der Waals surface area (Å²) in [5.74, 6) is 1.76. The second-order valence-electron chi connectivity index (χ2n) is 3.67. The zero-order valence-electron chi connectivity index (χ0n) is 9.33. The minimum Gasteiger partial charge on any atom is -0.481 e. The third-order valence-electron chi connectivity index (χ3n) is 2.44. The van der Waals surface area contributed by atoms with Crippen LogP contribution in [0.5, 0.6) is 0 Å². The number of carbonyl (C=O) groups is 1. The second-order valence-corrected chi connectivity index (χ2v) is 5.75. The minimum atomic E-state index is -0.889. The predicted molar refractivity (Wildman–Crippen MR) is 65.4 cm³/mol. The molecule has 1 aliphatic heterocycles. The van der Waals surface area contributed by atoms with E-state index in [1.807, 2.05) is 18.8 Å². The third-order valence-corrected chi connectivity index (χ3v) is 4.26. The Hall–Kier alpha value is -0.730.